The zero-order chi connectivity index (χ0) is 18.1. The zero-order valence-electron chi connectivity index (χ0n) is 15.5. The summed E-state index contributed by atoms with van der Waals surface area (Å²) >= 11 is 0. The first kappa shape index (κ1) is 17.4. The molecular weight excluding hydrogens is 328 g/mol. The number of benzene rings is 1. The summed E-state index contributed by atoms with van der Waals surface area (Å²) in [5, 5.41) is 0. The Bertz CT molecular complexity index is 660. The first-order valence-corrected chi connectivity index (χ1v) is 9.94. The summed E-state index contributed by atoms with van der Waals surface area (Å²) in [6.45, 7) is 0.257. The molecule has 1 aliphatic heterocycles. The van der Waals surface area contributed by atoms with Crippen LogP contribution in [0.25, 0.3) is 0 Å². The number of amides is 2. The summed E-state index contributed by atoms with van der Waals surface area (Å²) in [5.74, 6) is 0.979. The molecule has 0 bridgehead atoms. The topological polar surface area (TPSA) is 49.9 Å². The maximum Gasteiger partial charge on any atom is 0.250 e. The Morgan fingerprint density at radius 3 is 2.12 bits per heavy atom. The van der Waals surface area contributed by atoms with Crippen LogP contribution in [0.15, 0.2) is 24.3 Å². The number of methoxy groups -OCH3 is 1. The number of carbonyl (C=O) groups excluding carboxylic acids is 2. The van der Waals surface area contributed by atoms with Crippen molar-refractivity contribution >= 4 is 11.8 Å². The molecule has 5 heteroatoms. The van der Waals surface area contributed by atoms with Crippen LogP contribution in [-0.4, -0.2) is 47.4 Å². The van der Waals surface area contributed by atoms with Gasteiger partial charge >= 0.3 is 0 Å². The van der Waals surface area contributed by atoms with Crippen molar-refractivity contribution in [2.45, 2.75) is 69.5 Å². The summed E-state index contributed by atoms with van der Waals surface area (Å²) in [6.07, 6.45) is 8.86. The summed E-state index contributed by atoms with van der Waals surface area (Å²) in [7, 11) is 1.63. The van der Waals surface area contributed by atoms with E-state index < -0.39 is 6.04 Å². The van der Waals surface area contributed by atoms with Gasteiger partial charge in [0.2, 0.25) is 5.91 Å². The predicted octanol–water partition coefficient (Wildman–Crippen LogP) is 3.29. The van der Waals surface area contributed by atoms with E-state index in [1.165, 1.54) is 12.8 Å². The monoisotopic (exact) mass is 356 g/mol. The van der Waals surface area contributed by atoms with Crippen molar-refractivity contribution < 1.29 is 14.3 Å². The summed E-state index contributed by atoms with van der Waals surface area (Å²) in [6, 6.07) is 7.59. The number of piperazine rings is 1. The molecule has 1 saturated heterocycles. The van der Waals surface area contributed by atoms with Crippen LogP contribution in [-0.2, 0) is 9.59 Å². The molecule has 1 aromatic carbocycles. The number of hydrogen-bond acceptors (Lipinski definition) is 3. The summed E-state index contributed by atoms with van der Waals surface area (Å²) < 4.78 is 5.25. The molecule has 1 aromatic rings. The minimum atomic E-state index is -0.474. The van der Waals surface area contributed by atoms with Crippen molar-refractivity contribution in [1.29, 1.82) is 0 Å². The number of hydrogen-bond donors (Lipinski definition) is 0. The van der Waals surface area contributed by atoms with Gasteiger partial charge in [-0.3, -0.25) is 9.59 Å². The number of nitrogens with zero attached hydrogens (tertiary/aromatic N) is 2. The number of ether oxygens (including phenoxy) is 1. The SMILES string of the molecule is COc1ccc(C2C(=O)N(C3CCCCCC3)CC(=O)N2C2CC2)cc1. The van der Waals surface area contributed by atoms with E-state index in [2.05, 4.69) is 0 Å². The standard InChI is InChI=1S/C21H28N2O3/c1-26-18-12-8-15(9-13-18)20-21(25)22(16-6-4-2-3-5-7-16)14-19(24)23(20)17-10-11-17/h8-9,12-13,16-17,20H,2-7,10-11,14H2,1H3. The van der Waals surface area contributed by atoms with Crippen LogP contribution in [0.1, 0.15) is 63.0 Å². The molecule has 5 nitrogen and oxygen atoms in total. The van der Waals surface area contributed by atoms with E-state index in [4.69, 9.17) is 4.74 Å². The Morgan fingerprint density at radius 2 is 1.54 bits per heavy atom. The molecule has 1 unspecified atom stereocenters. The van der Waals surface area contributed by atoms with E-state index >= 15 is 0 Å². The molecule has 0 aromatic heterocycles. The second-order valence-electron chi connectivity index (χ2n) is 7.82. The van der Waals surface area contributed by atoms with Gasteiger partial charge in [0.25, 0.3) is 5.91 Å². The molecule has 2 amide bonds. The van der Waals surface area contributed by atoms with Gasteiger partial charge in [-0.1, -0.05) is 37.8 Å². The zero-order valence-corrected chi connectivity index (χ0v) is 15.5. The molecule has 2 saturated carbocycles. The van der Waals surface area contributed by atoms with Gasteiger partial charge in [0.15, 0.2) is 0 Å². The molecule has 0 spiro atoms. The van der Waals surface area contributed by atoms with Crippen LogP contribution in [0.5, 0.6) is 5.75 Å². The number of rotatable bonds is 4. The third-order valence-electron chi connectivity index (χ3n) is 6.03. The average Bonchev–Trinajstić information content (AvgIpc) is 3.50. The molecule has 1 atom stereocenters. The number of carbonyl (C=O) groups is 2. The molecule has 0 N–H and O–H groups in total. The highest BCUT2D eigenvalue weighted by molar-refractivity contribution is 5.96. The summed E-state index contributed by atoms with van der Waals surface area (Å²) in [5.41, 5.74) is 0.898. The Hall–Kier alpha value is -2.04. The molecule has 3 aliphatic rings. The molecule has 26 heavy (non-hydrogen) atoms. The van der Waals surface area contributed by atoms with E-state index in [9.17, 15) is 9.59 Å². The van der Waals surface area contributed by atoms with E-state index in [1.807, 2.05) is 34.1 Å². The Labute approximate surface area is 155 Å². The van der Waals surface area contributed by atoms with Crippen molar-refractivity contribution in [1.82, 2.24) is 9.80 Å². The molecule has 3 fully saturated rings. The van der Waals surface area contributed by atoms with Crippen LogP contribution in [0, 0.1) is 0 Å². The van der Waals surface area contributed by atoms with Gasteiger partial charge in [-0.2, -0.15) is 0 Å². The molecule has 2 aliphatic carbocycles. The largest absolute Gasteiger partial charge is 0.497 e. The first-order valence-electron chi connectivity index (χ1n) is 9.94. The molecular formula is C21H28N2O3. The lowest BCUT2D eigenvalue weighted by atomic mass is 9.97. The van der Waals surface area contributed by atoms with E-state index in [-0.39, 0.29) is 30.4 Å². The van der Waals surface area contributed by atoms with Crippen LogP contribution in [0.4, 0.5) is 0 Å². The van der Waals surface area contributed by atoms with Gasteiger partial charge in [-0.15, -0.1) is 0 Å². The molecule has 4 rings (SSSR count). The van der Waals surface area contributed by atoms with Gasteiger partial charge in [0.05, 0.1) is 7.11 Å². The Balaban J connectivity index is 1.64. The quantitative estimate of drug-likeness (QED) is 0.778. The van der Waals surface area contributed by atoms with Gasteiger partial charge in [-0.25, -0.2) is 0 Å². The van der Waals surface area contributed by atoms with Crippen LogP contribution >= 0.6 is 0 Å². The van der Waals surface area contributed by atoms with Crippen molar-refractivity contribution in [3.63, 3.8) is 0 Å². The Kier molecular flexibility index (Phi) is 4.88. The normalized spacial score (nSPS) is 25.3. The van der Waals surface area contributed by atoms with Crippen molar-refractivity contribution in [2.75, 3.05) is 13.7 Å². The maximum absolute atomic E-state index is 13.5. The fourth-order valence-electron chi connectivity index (χ4n) is 4.46. The highest BCUT2D eigenvalue weighted by Gasteiger charge is 2.48. The third kappa shape index (κ3) is 3.31. The van der Waals surface area contributed by atoms with E-state index in [0.717, 1.165) is 49.8 Å². The summed E-state index contributed by atoms with van der Waals surface area (Å²) in [4.78, 5) is 30.2. The second kappa shape index (κ2) is 7.29. The first-order chi connectivity index (χ1) is 12.7. The lowest BCUT2D eigenvalue weighted by Gasteiger charge is -2.43. The molecule has 140 valence electrons. The third-order valence-corrected chi connectivity index (χ3v) is 6.03. The smallest absolute Gasteiger partial charge is 0.250 e. The highest BCUT2D eigenvalue weighted by Crippen LogP contribution is 2.39. The predicted molar refractivity (Wildman–Crippen MR) is 98.8 cm³/mol. The fourth-order valence-corrected chi connectivity index (χ4v) is 4.46. The minimum Gasteiger partial charge on any atom is -0.497 e. The van der Waals surface area contributed by atoms with E-state index in [1.54, 1.807) is 7.11 Å². The lowest BCUT2D eigenvalue weighted by molar-refractivity contribution is -0.159. The van der Waals surface area contributed by atoms with Gasteiger partial charge < -0.3 is 14.5 Å². The van der Waals surface area contributed by atoms with Gasteiger partial charge in [-0.05, 0) is 43.4 Å². The average molecular weight is 356 g/mol. The maximum atomic E-state index is 13.5. The fraction of sp³-hybridized carbons (Fsp3) is 0.619. The molecule has 1 heterocycles. The van der Waals surface area contributed by atoms with Gasteiger partial charge in [0, 0.05) is 12.1 Å². The van der Waals surface area contributed by atoms with E-state index in [0.29, 0.717) is 0 Å². The van der Waals surface area contributed by atoms with Crippen molar-refractivity contribution in [3.05, 3.63) is 29.8 Å². The van der Waals surface area contributed by atoms with Crippen LogP contribution in [0.3, 0.4) is 0 Å². The lowest BCUT2D eigenvalue weighted by Crippen LogP contribution is -2.58. The van der Waals surface area contributed by atoms with Gasteiger partial charge in [0.1, 0.15) is 18.3 Å². The van der Waals surface area contributed by atoms with Crippen LogP contribution in [0.2, 0.25) is 0 Å². The van der Waals surface area contributed by atoms with Crippen molar-refractivity contribution in [3.8, 4) is 5.75 Å². The second-order valence-corrected chi connectivity index (χ2v) is 7.82. The Morgan fingerprint density at radius 1 is 0.885 bits per heavy atom. The molecule has 0 radical (unpaired) electrons. The van der Waals surface area contributed by atoms with Crippen LogP contribution < -0.4 is 4.74 Å². The minimum absolute atomic E-state index is 0.105. The highest BCUT2D eigenvalue weighted by atomic mass is 16.5. The van der Waals surface area contributed by atoms with Crippen molar-refractivity contribution in [2.24, 2.45) is 0 Å².